The molecule has 0 atom stereocenters. The van der Waals surface area contributed by atoms with Crippen molar-refractivity contribution in [1.82, 2.24) is 9.99 Å². The number of aromatic nitrogens is 1. The molecule has 0 unspecified atom stereocenters. The minimum atomic E-state index is -0.384. The molecule has 0 saturated carbocycles. The fourth-order valence-electron chi connectivity index (χ4n) is 1.92. The van der Waals surface area contributed by atoms with E-state index < -0.39 is 0 Å². The highest BCUT2D eigenvalue weighted by Crippen LogP contribution is 2.21. The van der Waals surface area contributed by atoms with Crippen LogP contribution < -0.4 is 15.7 Å². The van der Waals surface area contributed by atoms with Crippen LogP contribution in [0.2, 0.25) is 0 Å². The predicted octanol–water partition coefficient (Wildman–Crippen LogP) is 2.55. The smallest absolute Gasteiger partial charge is 0.260 e. The number of halogens is 1. The highest BCUT2D eigenvalue weighted by Gasteiger charge is 2.04. The molecule has 1 aromatic heterocycles. The zero-order chi connectivity index (χ0) is 17.4. The summed E-state index contributed by atoms with van der Waals surface area (Å²) >= 11 is 3.39. The number of hydrazone groups is 1. The van der Waals surface area contributed by atoms with Crippen LogP contribution in [0.4, 0.5) is 0 Å². The van der Waals surface area contributed by atoms with Gasteiger partial charge in [0, 0.05) is 22.3 Å². The molecule has 126 valence electrons. The van der Waals surface area contributed by atoms with Crippen molar-refractivity contribution < 1.29 is 9.53 Å². The molecular weight excluding hydrogens is 374 g/mol. The number of benzene rings is 1. The number of carbonyl (C=O) groups excluding carboxylic acids is 1. The van der Waals surface area contributed by atoms with Crippen LogP contribution in [0.25, 0.3) is 0 Å². The van der Waals surface area contributed by atoms with Gasteiger partial charge < -0.3 is 9.30 Å². The average Bonchev–Trinajstić information content (AvgIpc) is 2.56. The van der Waals surface area contributed by atoms with Gasteiger partial charge in [-0.25, -0.2) is 5.43 Å². The number of carbonyl (C=O) groups is 1. The van der Waals surface area contributed by atoms with Crippen molar-refractivity contribution in [1.29, 1.82) is 0 Å². The molecule has 0 aliphatic rings. The minimum absolute atomic E-state index is 0.0886. The average molecular weight is 392 g/mol. The Balaban J connectivity index is 2.00. The Labute approximate surface area is 148 Å². The molecule has 1 N–H and O–H groups in total. The highest BCUT2D eigenvalue weighted by molar-refractivity contribution is 9.10. The van der Waals surface area contributed by atoms with Crippen molar-refractivity contribution in [2.24, 2.45) is 5.10 Å². The van der Waals surface area contributed by atoms with Crippen molar-refractivity contribution in [2.75, 3.05) is 6.61 Å². The zero-order valence-electron chi connectivity index (χ0n) is 13.2. The van der Waals surface area contributed by atoms with Crippen LogP contribution in [-0.4, -0.2) is 23.3 Å². The molecular formula is C17H18BrN3O3. The first-order valence-corrected chi connectivity index (χ1v) is 8.29. The SMILES string of the molecule is CCCOc1ccc(Br)cc1/C=N\NC(=O)Cn1ccccc1=O. The van der Waals surface area contributed by atoms with Gasteiger partial charge in [0.25, 0.3) is 11.5 Å². The summed E-state index contributed by atoms with van der Waals surface area (Å²) in [6.07, 6.45) is 3.97. The van der Waals surface area contributed by atoms with Crippen molar-refractivity contribution in [3.8, 4) is 5.75 Å². The number of pyridine rings is 1. The molecule has 0 saturated heterocycles. The van der Waals surface area contributed by atoms with Gasteiger partial charge in [-0.1, -0.05) is 28.9 Å². The van der Waals surface area contributed by atoms with Gasteiger partial charge in [0.2, 0.25) is 0 Å². The molecule has 0 radical (unpaired) electrons. The largest absolute Gasteiger partial charge is 0.493 e. The third-order valence-electron chi connectivity index (χ3n) is 3.04. The summed E-state index contributed by atoms with van der Waals surface area (Å²) in [7, 11) is 0. The fourth-order valence-corrected chi connectivity index (χ4v) is 2.30. The van der Waals surface area contributed by atoms with Crippen molar-refractivity contribution >= 4 is 28.1 Å². The maximum absolute atomic E-state index is 11.9. The summed E-state index contributed by atoms with van der Waals surface area (Å²) in [4.78, 5) is 23.4. The lowest BCUT2D eigenvalue weighted by Crippen LogP contribution is -2.29. The molecule has 1 aromatic carbocycles. The Morgan fingerprint density at radius 1 is 1.38 bits per heavy atom. The predicted molar refractivity (Wildman–Crippen MR) is 96.4 cm³/mol. The lowest BCUT2D eigenvalue weighted by molar-refractivity contribution is -0.121. The van der Waals surface area contributed by atoms with Gasteiger partial charge in [-0.2, -0.15) is 5.10 Å². The van der Waals surface area contributed by atoms with E-state index in [1.165, 1.54) is 16.8 Å². The number of nitrogens with one attached hydrogen (secondary N) is 1. The van der Waals surface area contributed by atoms with E-state index >= 15 is 0 Å². The van der Waals surface area contributed by atoms with E-state index in [2.05, 4.69) is 26.5 Å². The summed E-state index contributed by atoms with van der Waals surface area (Å²) in [6.45, 7) is 2.54. The van der Waals surface area contributed by atoms with Gasteiger partial charge in [0.15, 0.2) is 0 Å². The molecule has 0 aliphatic heterocycles. The van der Waals surface area contributed by atoms with Crippen molar-refractivity contribution in [3.05, 3.63) is 63.0 Å². The number of hydrogen-bond donors (Lipinski definition) is 1. The van der Waals surface area contributed by atoms with E-state index in [1.807, 2.05) is 25.1 Å². The second-order valence-electron chi connectivity index (χ2n) is 4.99. The first-order chi connectivity index (χ1) is 11.6. The third-order valence-corrected chi connectivity index (χ3v) is 3.53. The lowest BCUT2D eigenvalue weighted by atomic mass is 10.2. The Morgan fingerprint density at radius 3 is 2.96 bits per heavy atom. The zero-order valence-corrected chi connectivity index (χ0v) is 14.8. The summed E-state index contributed by atoms with van der Waals surface area (Å²) < 4.78 is 7.83. The van der Waals surface area contributed by atoms with Gasteiger partial charge in [-0.05, 0) is 30.7 Å². The second kappa shape index (κ2) is 9.02. The van der Waals surface area contributed by atoms with E-state index in [4.69, 9.17) is 4.74 Å². The van der Waals surface area contributed by atoms with E-state index in [9.17, 15) is 9.59 Å². The second-order valence-corrected chi connectivity index (χ2v) is 5.91. The molecule has 6 nitrogen and oxygen atoms in total. The molecule has 1 heterocycles. The van der Waals surface area contributed by atoms with Gasteiger partial charge in [-0.3, -0.25) is 9.59 Å². The molecule has 2 rings (SSSR count). The summed E-state index contributed by atoms with van der Waals surface area (Å²) in [5.74, 6) is 0.308. The molecule has 24 heavy (non-hydrogen) atoms. The Bertz CT molecular complexity index is 787. The van der Waals surface area contributed by atoms with Crippen LogP contribution >= 0.6 is 15.9 Å². The summed E-state index contributed by atoms with van der Waals surface area (Å²) in [5.41, 5.74) is 2.92. The van der Waals surface area contributed by atoms with Crippen LogP contribution in [0.1, 0.15) is 18.9 Å². The number of rotatable bonds is 7. The van der Waals surface area contributed by atoms with Crippen LogP contribution in [0.5, 0.6) is 5.75 Å². The van der Waals surface area contributed by atoms with Crippen LogP contribution in [-0.2, 0) is 11.3 Å². The molecule has 2 aromatic rings. The maximum Gasteiger partial charge on any atom is 0.260 e. The molecule has 7 heteroatoms. The molecule has 0 bridgehead atoms. The Kier molecular flexibility index (Phi) is 6.74. The number of nitrogens with zero attached hydrogens (tertiary/aromatic N) is 2. The maximum atomic E-state index is 11.9. The van der Waals surface area contributed by atoms with Crippen LogP contribution in [0.15, 0.2) is 57.0 Å². The highest BCUT2D eigenvalue weighted by atomic mass is 79.9. The third kappa shape index (κ3) is 5.34. The van der Waals surface area contributed by atoms with Gasteiger partial charge in [0.05, 0.1) is 12.8 Å². The Hall–Kier alpha value is -2.41. The van der Waals surface area contributed by atoms with E-state index in [1.54, 1.807) is 18.3 Å². The first kappa shape index (κ1) is 17.9. The normalized spacial score (nSPS) is 10.8. The quantitative estimate of drug-likeness (QED) is 0.582. The fraction of sp³-hybridized carbons (Fsp3) is 0.235. The van der Waals surface area contributed by atoms with Gasteiger partial charge in [-0.15, -0.1) is 0 Å². The standard InChI is InChI=1S/C17H18BrN3O3/c1-2-9-24-15-7-6-14(18)10-13(15)11-19-20-16(22)12-21-8-4-3-5-17(21)23/h3-8,10-11H,2,9,12H2,1H3,(H,20,22)/b19-11-. The first-order valence-electron chi connectivity index (χ1n) is 7.50. The van der Waals surface area contributed by atoms with Gasteiger partial charge >= 0.3 is 0 Å². The molecule has 1 amide bonds. The summed E-state index contributed by atoms with van der Waals surface area (Å²) in [5, 5.41) is 3.94. The lowest BCUT2D eigenvalue weighted by Gasteiger charge is -2.08. The van der Waals surface area contributed by atoms with Crippen LogP contribution in [0, 0.1) is 0 Å². The van der Waals surface area contributed by atoms with Crippen molar-refractivity contribution in [3.63, 3.8) is 0 Å². The summed E-state index contributed by atoms with van der Waals surface area (Å²) in [6, 6.07) is 10.3. The number of ether oxygens (including phenoxy) is 1. The van der Waals surface area contributed by atoms with E-state index in [-0.39, 0.29) is 18.0 Å². The Morgan fingerprint density at radius 2 is 2.21 bits per heavy atom. The monoisotopic (exact) mass is 391 g/mol. The van der Waals surface area contributed by atoms with Crippen LogP contribution in [0.3, 0.4) is 0 Å². The molecule has 0 aliphatic carbocycles. The van der Waals surface area contributed by atoms with Crippen molar-refractivity contribution in [2.45, 2.75) is 19.9 Å². The van der Waals surface area contributed by atoms with E-state index in [0.29, 0.717) is 12.4 Å². The molecule has 0 fully saturated rings. The topological polar surface area (TPSA) is 72.7 Å². The number of amides is 1. The number of hydrogen-bond acceptors (Lipinski definition) is 4. The van der Waals surface area contributed by atoms with E-state index in [0.717, 1.165) is 16.5 Å². The van der Waals surface area contributed by atoms with Gasteiger partial charge in [0.1, 0.15) is 12.3 Å². The molecule has 0 spiro atoms. The minimum Gasteiger partial charge on any atom is -0.493 e.